The number of azide groups is 2. The van der Waals surface area contributed by atoms with Crippen molar-refractivity contribution in [3.8, 4) is 0 Å². The molecule has 2 aromatic heterocycles. The zero-order chi connectivity index (χ0) is 31.7. The third-order valence-electron chi connectivity index (χ3n) is 7.45. The molecule has 8 atom stereocenters. The fourth-order valence-electron chi connectivity index (χ4n) is 4.84. The SMILES string of the molecule is CC[C@@]1(N=[N+]=[N-])O[C@@H](n2ccc(N)nc2=O)[C@](C)(F)[C@@H]1C.C[C@]1(F)[C@H](n2ccc(N)nc2=O)O[C@@](CO)(N=[N+]=[N-])[C@H]1O. The number of aromatic nitrogens is 4. The molecule has 4 rings (SSSR count). The van der Waals surface area contributed by atoms with E-state index in [4.69, 9.17) is 32.0 Å². The van der Waals surface area contributed by atoms with Crippen molar-refractivity contribution in [3.63, 3.8) is 0 Å². The lowest BCUT2D eigenvalue weighted by atomic mass is 9.85. The van der Waals surface area contributed by atoms with Crippen LogP contribution in [0.2, 0.25) is 0 Å². The van der Waals surface area contributed by atoms with E-state index in [9.17, 15) is 24.2 Å². The van der Waals surface area contributed by atoms with E-state index in [0.717, 1.165) is 22.3 Å². The lowest BCUT2D eigenvalue weighted by Gasteiger charge is -2.28. The number of anilines is 2. The summed E-state index contributed by atoms with van der Waals surface area (Å²) in [6.45, 7) is 4.62. The largest absolute Gasteiger partial charge is 0.393 e. The Labute approximate surface area is 235 Å². The molecule has 2 aliphatic rings. The summed E-state index contributed by atoms with van der Waals surface area (Å²) < 4.78 is 42.5. The molecule has 42 heavy (non-hydrogen) atoms. The van der Waals surface area contributed by atoms with Gasteiger partial charge < -0.3 is 31.2 Å². The molecule has 2 fully saturated rings. The molecule has 228 valence electrons. The number of nitrogen functional groups attached to an aromatic ring is 2. The molecule has 0 saturated carbocycles. The molecule has 0 unspecified atom stereocenters. The predicted molar refractivity (Wildman–Crippen MR) is 141 cm³/mol. The van der Waals surface area contributed by atoms with Crippen molar-refractivity contribution < 1.29 is 28.5 Å². The summed E-state index contributed by atoms with van der Waals surface area (Å²) in [6, 6.07) is 2.62. The Balaban J connectivity index is 0.000000230. The van der Waals surface area contributed by atoms with Gasteiger partial charge in [0.15, 0.2) is 29.5 Å². The first-order valence-electron chi connectivity index (χ1n) is 12.4. The van der Waals surface area contributed by atoms with Gasteiger partial charge in [0.1, 0.15) is 17.7 Å². The second-order valence-corrected chi connectivity index (χ2v) is 10.0. The molecule has 0 spiro atoms. The Morgan fingerprint density at radius 3 is 1.81 bits per heavy atom. The average Bonchev–Trinajstić information content (AvgIpc) is 3.24. The summed E-state index contributed by atoms with van der Waals surface area (Å²) in [5.41, 5.74) is 18.3. The summed E-state index contributed by atoms with van der Waals surface area (Å²) in [5.74, 6) is -0.765. The first-order chi connectivity index (χ1) is 19.6. The fraction of sp³-hybridized carbons (Fsp3) is 0.636. The Morgan fingerprint density at radius 1 is 0.976 bits per heavy atom. The van der Waals surface area contributed by atoms with Gasteiger partial charge in [0, 0.05) is 28.1 Å². The van der Waals surface area contributed by atoms with Crippen LogP contribution in [0.3, 0.4) is 0 Å². The molecule has 18 nitrogen and oxygen atoms in total. The topological polar surface area (TPSA) is 278 Å². The highest BCUT2D eigenvalue weighted by Crippen LogP contribution is 2.52. The number of hydrogen-bond acceptors (Lipinski definition) is 12. The van der Waals surface area contributed by atoms with Crippen LogP contribution in [0.4, 0.5) is 20.4 Å². The van der Waals surface area contributed by atoms with Gasteiger partial charge in [0.25, 0.3) is 0 Å². The molecule has 0 radical (unpaired) electrons. The fourth-order valence-corrected chi connectivity index (χ4v) is 4.84. The molecule has 0 amide bonds. The first kappa shape index (κ1) is 32.2. The monoisotopic (exact) mass is 596 g/mol. The van der Waals surface area contributed by atoms with E-state index in [0.29, 0.717) is 0 Å². The molecule has 0 bridgehead atoms. The van der Waals surface area contributed by atoms with E-state index in [1.54, 1.807) is 13.8 Å². The van der Waals surface area contributed by atoms with Crippen molar-refractivity contribution in [1.29, 1.82) is 0 Å². The van der Waals surface area contributed by atoms with Crippen molar-refractivity contribution in [2.75, 3.05) is 18.1 Å². The minimum atomic E-state index is -2.52. The van der Waals surface area contributed by atoms with E-state index >= 15 is 4.39 Å². The highest BCUT2D eigenvalue weighted by atomic mass is 19.1. The van der Waals surface area contributed by atoms with Crippen molar-refractivity contribution in [3.05, 3.63) is 66.4 Å². The standard InChI is InChI=1S/C12H17FN6O2.C10H13FN6O4/c1-4-12(17-18-15)7(2)11(3,13)9(21-12)19-6-5-8(14)16-10(19)20;1-9(11)6(19)10(4-18,15-16-13)21-7(9)17-3-2-5(12)14-8(17)20/h5-7,9H,4H2,1-3H3,(H2,14,16,20);2-3,6-7,18-19H,4H2,1H3,(H2,12,14,20)/t7-,9+,11+,12+;6-,7+,9+,10+/m00/s1. The smallest absolute Gasteiger partial charge is 0.351 e. The minimum Gasteiger partial charge on any atom is -0.393 e. The van der Waals surface area contributed by atoms with Gasteiger partial charge in [-0.05, 0) is 43.5 Å². The molecule has 20 heteroatoms. The number of alkyl halides is 2. The van der Waals surface area contributed by atoms with Crippen LogP contribution >= 0.6 is 0 Å². The van der Waals surface area contributed by atoms with Crippen LogP contribution < -0.4 is 22.8 Å². The number of nitrogens with two attached hydrogens (primary N) is 2. The third-order valence-corrected chi connectivity index (χ3v) is 7.45. The zero-order valence-corrected chi connectivity index (χ0v) is 22.9. The maximum atomic E-state index is 15.1. The van der Waals surface area contributed by atoms with E-state index in [1.165, 1.54) is 25.3 Å². The molecule has 2 aliphatic heterocycles. The van der Waals surface area contributed by atoms with Crippen LogP contribution in [0, 0.1) is 5.92 Å². The molecule has 0 aliphatic carbocycles. The van der Waals surface area contributed by atoms with Gasteiger partial charge in [-0.15, -0.1) is 0 Å². The summed E-state index contributed by atoms with van der Waals surface area (Å²) in [7, 11) is 0. The van der Waals surface area contributed by atoms with E-state index in [1.807, 2.05) is 0 Å². The van der Waals surface area contributed by atoms with Crippen LogP contribution in [0.5, 0.6) is 0 Å². The van der Waals surface area contributed by atoms with Gasteiger partial charge in [-0.2, -0.15) is 9.97 Å². The average molecular weight is 597 g/mol. The van der Waals surface area contributed by atoms with E-state index in [2.05, 4.69) is 30.0 Å². The Hall–Kier alpha value is -4.32. The molecule has 4 heterocycles. The van der Waals surface area contributed by atoms with Gasteiger partial charge in [0.2, 0.25) is 5.72 Å². The number of nitrogens with zero attached hydrogens (tertiary/aromatic N) is 10. The van der Waals surface area contributed by atoms with Crippen LogP contribution in [-0.2, 0) is 9.47 Å². The molecule has 0 aromatic carbocycles. The van der Waals surface area contributed by atoms with E-state index < -0.39 is 65.3 Å². The van der Waals surface area contributed by atoms with Crippen molar-refractivity contribution in [2.45, 2.75) is 75.5 Å². The van der Waals surface area contributed by atoms with E-state index in [-0.39, 0.29) is 18.1 Å². The van der Waals surface area contributed by atoms with Gasteiger partial charge in [-0.25, -0.2) is 18.4 Å². The third kappa shape index (κ3) is 5.34. The molecule has 2 aromatic rings. The first-order valence-corrected chi connectivity index (χ1v) is 12.4. The molecule has 2 saturated heterocycles. The van der Waals surface area contributed by atoms with Crippen molar-refractivity contribution in [1.82, 2.24) is 19.1 Å². The maximum absolute atomic E-state index is 15.1. The summed E-state index contributed by atoms with van der Waals surface area (Å²) >= 11 is 0. The lowest BCUT2D eigenvalue weighted by molar-refractivity contribution is -0.125. The number of aliphatic hydroxyl groups is 2. The van der Waals surface area contributed by atoms with Crippen LogP contribution in [0.25, 0.3) is 20.9 Å². The highest BCUT2D eigenvalue weighted by Gasteiger charge is 2.63. The summed E-state index contributed by atoms with van der Waals surface area (Å²) in [6.07, 6.45) is -2.14. The second kappa shape index (κ2) is 11.5. The highest BCUT2D eigenvalue weighted by molar-refractivity contribution is 5.25. The predicted octanol–water partition coefficient (Wildman–Crippen LogP) is 1.58. The normalized spacial score (nSPS) is 35.4. The van der Waals surface area contributed by atoms with Crippen molar-refractivity contribution in [2.24, 2.45) is 16.1 Å². The van der Waals surface area contributed by atoms with Gasteiger partial charge in [-0.3, -0.25) is 9.13 Å². The summed E-state index contributed by atoms with van der Waals surface area (Å²) in [4.78, 5) is 35.8. The van der Waals surface area contributed by atoms with Crippen LogP contribution in [0.15, 0.2) is 44.3 Å². The Kier molecular flexibility index (Phi) is 8.83. The van der Waals surface area contributed by atoms with Crippen LogP contribution in [0.1, 0.15) is 46.6 Å². The minimum absolute atomic E-state index is 0.0413. The van der Waals surface area contributed by atoms with Gasteiger partial charge in [-0.1, -0.05) is 24.1 Å². The number of hydrogen-bond donors (Lipinski definition) is 4. The second-order valence-electron chi connectivity index (χ2n) is 10.0. The van der Waals surface area contributed by atoms with Crippen molar-refractivity contribution >= 4 is 11.6 Å². The number of ether oxygens (including phenoxy) is 2. The zero-order valence-electron chi connectivity index (χ0n) is 22.9. The van der Waals surface area contributed by atoms with Gasteiger partial charge >= 0.3 is 11.4 Å². The lowest BCUT2D eigenvalue weighted by Crippen LogP contribution is -2.48. The Morgan fingerprint density at radius 2 is 1.40 bits per heavy atom. The quantitative estimate of drug-likeness (QED) is 0.212. The Bertz CT molecular complexity index is 1420. The summed E-state index contributed by atoms with van der Waals surface area (Å²) in [5, 5.41) is 26.0. The molecular weight excluding hydrogens is 566 g/mol. The van der Waals surface area contributed by atoms with Crippen LogP contribution in [-0.4, -0.2) is 64.8 Å². The molecular formula is C22H30F2N12O6. The number of rotatable bonds is 6. The van der Waals surface area contributed by atoms with Gasteiger partial charge in [0.05, 0.1) is 6.61 Å². The number of halogens is 2. The number of aliphatic hydroxyl groups excluding tert-OH is 2. The maximum Gasteiger partial charge on any atom is 0.351 e. The molecule has 6 N–H and O–H groups in total.